The van der Waals surface area contributed by atoms with Crippen molar-refractivity contribution in [3.05, 3.63) is 12.2 Å². The Labute approximate surface area is 85.5 Å². The van der Waals surface area contributed by atoms with Gasteiger partial charge in [0.25, 0.3) is 0 Å². The summed E-state index contributed by atoms with van der Waals surface area (Å²) in [6, 6.07) is 0.648. The summed E-state index contributed by atoms with van der Waals surface area (Å²) in [5.74, 6) is 0.909. The maximum atomic E-state index is 4.21. The lowest BCUT2D eigenvalue weighted by Crippen LogP contribution is -2.37. The number of H-pyrrole nitrogens is 1. The Bertz CT molecular complexity index is 258. The smallest absolute Gasteiger partial charge is 0.141 e. The Morgan fingerprint density at radius 3 is 2.36 bits per heavy atom. The highest BCUT2D eigenvalue weighted by atomic mass is 15.2. The predicted molar refractivity (Wildman–Crippen MR) is 56.9 cm³/mol. The number of hydrogen-bond donors (Lipinski definition) is 2. The van der Waals surface area contributed by atoms with Crippen LogP contribution in [-0.2, 0) is 0 Å². The number of nitrogens with zero attached hydrogens (tertiary/aromatic N) is 2. The highest BCUT2D eigenvalue weighted by Gasteiger charge is 2.28. The maximum Gasteiger partial charge on any atom is 0.141 e. The van der Waals surface area contributed by atoms with Gasteiger partial charge in [0.05, 0.1) is 6.04 Å². The SMILES string of the molecule is CC(C)N[C@H](c1ncn[nH]1)C(C)(C)C. The second-order valence-electron chi connectivity index (χ2n) is 4.99. The zero-order valence-electron chi connectivity index (χ0n) is 9.63. The zero-order chi connectivity index (χ0) is 10.8. The van der Waals surface area contributed by atoms with Crippen molar-refractivity contribution in [3.63, 3.8) is 0 Å². The molecule has 1 aromatic rings. The lowest BCUT2D eigenvalue weighted by atomic mass is 9.86. The van der Waals surface area contributed by atoms with Crippen molar-refractivity contribution >= 4 is 0 Å². The van der Waals surface area contributed by atoms with Gasteiger partial charge in [-0.2, -0.15) is 5.10 Å². The topological polar surface area (TPSA) is 53.6 Å². The quantitative estimate of drug-likeness (QED) is 0.776. The molecule has 0 saturated heterocycles. The highest BCUT2D eigenvalue weighted by Crippen LogP contribution is 2.30. The molecule has 1 aromatic heterocycles. The molecule has 0 aliphatic rings. The van der Waals surface area contributed by atoms with Gasteiger partial charge >= 0.3 is 0 Å². The van der Waals surface area contributed by atoms with Gasteiger partial charge < -0.3 is 5.32 Å². The van der Waals surface area contributed by atoms with E-state index in [1.165, 1.54) is 0 Å². The average molecular weight is 196 g/mol. The number of aromatic amines is 1. The second kappa shape index (κ2) is 4.09. The fourth-order valence-electron chi connectivity index (χ4n) is 1.43. The largest absolute Gasteiger partial charge is 0.305 e. The van der Waals surface area contributed by atoms with Gasteiger partial charge in [0.15, 0.2) is 0 Å². The first kappa shape index (κ1) is 11.2. The molecule has 1 heterocycles. The van der Waals surface area contributed by atoms with Crippen LogP contribution in [0.3, 0.4) is 0 Å². The standard InChI is InChI=1S/C10H20N4/c1-7(2)13-8(10(3,4)5)9-11-6-12-14-9/h6-8,13H,1-5H3,(H,11,12,14)/t8-/m1/s1. The molecule has 4 heteroatoms. The van der Waals surface area contributed by atoms with Gasteiger partial charge in [-0.3, -0.25) is 5.10 Å². The Balaban J connectivity index is 2.83. The lowest BCUT2D eigenvalue weighted by Gasteiger charge is -2.31. The Kier molecular flexibility index (Phi) is 3.26. The van der Waals surface area contributed by atoms with Crippen molar-refractivity contribution in [2.45, 2.75) is 46.7 Å². The summed E-state index contributed by atoms with van der Waals surface area (Å²) in [6.07, 6.45) is 1.55. The van der Waals surface area contributed by atoms with Crippen LogP contribution in [0.1, 0.15) is 46.5 Å². The van der Waals surface area contributed by atoms with Gasteiger partial charge in [-0.1, -0.05) is 34.6 Å². The summed E-state index contributed by atoms with van der Waals surface area (Å²) in [4.78, 5) is 4.21. The van der Waals surface area contributed by atoms with Crippen molar-refractivity contribution in [2.24, 2.45) is 5.41 Å². The molecule has 2 N–H and O–H groups in total. The van der Waals surface area contributed by atoms with E-state index >= 15 is 0 Å². The molecule has 0 unspecified atom stereocenters. The molecule has 0 spiro atoms. The molecule has 0 amide bonds. The van der Waals surface area contributed by atoms with E-state index in [4.69, 9.17) is 0 Å². The summed E-state index contributed by atoms with van der Waals surface area (Å²) in [6.45, 7) is 10.8. The summed E-state index contributed by atoms with van der Waals surface area (Å²) in [5.41, 5.74) is 0.129. The third-order valence-electron chi connectivity index (χ3n) is 2.07. The van der Waals surface area contributed by atoms with Crippen molar-refractivity contribution < 1.29 is 0 Å². The molecule has 0 aliphatic carbocycles. The van der Waals surface area contributed by atoms with Gasteiger partial charge in [0.1, 0.15) is 12.2 Å². The molecular weight excluding hydrogens is 176 g/mol. The van der Waals surface area contributed by atoms with Crippen LogP contribution >= 0.6 is 0 Å². The van der Waals surface area contributed by atoms with Crippen LogP contribution in [0.2, 0.25) is 0 Å². The molecule has 4 nitrogen and oxygen atoms in total. The van der Waals surface area contributed by atoms with Crippen molar-refractivity contribution in [2.75, 3.05) is 0 Å². The maximum absolute atomic E-state index is 4.21. The van der Waals surface area contributed by atoms with Crippen LogP contribution in [0.4, 0.5) is 0 Å². The zero-order valence-corrected chi connectivity index (χ0v) is 9.63. The Morgan fingerprint density at radius 2 is 2.00 bits per heavy atom. The van der Waals surface area contributed by atoms with Gasteiger partial charge in [-0.05, 0) is 5.41 Å². The number of rotatable bonds is 3. The first-order valence-electron chi connectivity index (χ1n) is 5.02. The van der Waals surface area contributed by atoms with E-state index in [1.54, 1.807) is 6.33 Å². The summed E-state index contributed by atoms with van der Waals surface area (Å²) >= 11 is 0. The molecule has 14 heavy (non-hydrogen) atoms. The third kappa shape index (κ3) is 2.80. The molecule has 0 aromatic carbocycles. The predicted octanol–water partition coefficient (Wildman–Crippen LogP) is 1.89. The average Bonchev–Trinajstić information content (AvgIpc) is 2.49. The van der Waals surface area contributed by atoms with Crippen LogP contribution in [0, 0.1) is 5.41 Å². The third-order valence-corrected chi connectivity index (χ3v) is 2.07. The van der Waals surface area contributed by atoms with Crippen molar-refractivity contribution in [1.29, 1.82) is 0 Å². The van der Waals surface area contributed by atoms with E-state index in [9.17, 15) is 0 Å². The fourth-order valence-corrected chi connectivity index (χ4v) is 1.43. The van der Waals surface area contributed by atoms with Crippen LogP contribution in [0.5, 0.6) is 0 Å². The van der Waals surface area contributed by atoms with Gasteiger partial charge in [0.2, 0.25) is 0 Å². The van der Waals surface area contributed by atoms with Gasteiger partial charge in [-0.15, -0.1) is 0 Å². The fraction of sp³-hybridized carbons (Fsp3) is 0.800. The first-order valence-corrected chi connectivity index (χ1v) is 5.02. The molecule has 0 saturated carbocycles. The van der Waals surface area contributed by atoms with Crippen molar-refractivity contribution in [1.82, 2.24) is 20.5 Å². The molecule has 1 rings (SSSR count). The van der Waals surface area contributed by atoms with Crippen molar-refractivity contribution in [3.8, 4) is 0 Å². The Morgan fingerprint density at radius 1 is 1.36 bits per heavy atom. The number of hydrogen-bond acceptors (Lipinski definition) is 3. The normalized spacial score (nSPS) is 14.7. The number of nitrogens with one attached hydrogen (secondary N) is 2. The summed E-state index contributed by atoms with van der Waals surface area (Å²) < 4.78 is 0. The van der Waals surface area contributed by atoms with E-state index in [0.717, 1.165) is 5.82 Å². The van der Waals surface area contributed by atoms with Crippen LogP contribution < -0.4 is 5.32 Å². The monoisotopic (exact) mass is 196 g/mol. The molecule has 80 valence electrons. The lowest BCUT2D eigenvalue weighted by molar-refractivity contribution is 0.248. The van der Waals surface area contributed by atoms with Crippen LogP contribution in [-0.4, -0.2) is 21.2 Å². The van der Waals surface area contributed by atoms with E-state index < -0.39 is 0 Å². The minimum Gasteiger partial charge on any atom is -0.305 e. The van der Waals surface area contributed by atoms with E-state index in [0.29, 0.717) is 6.04 Å². The highest BCUT2D eigenvalue weighted by molar-refractivity contribution is 4.98. The van der Waals surface area contributed by atoms with Crippen LogP contribution in [0.15, 0.2) is 6.33 Å². The first-order chi connectivity index (χ1) is 6.41. The van der Waals surface area contributed by atoms with Gasteiger partial charge in [-0.25, -0.2) is 4.98 Å². The molecular formula is C10H20N4. The second-order valence-corrected chi connectivity index (χ2v) is 4.99. The minimum atomic E-state index is 0.129. The number of aromatic nitrogens is 3. The Hall–Kier alpha value is -0.900. The van der Waals surface area contributed by atoms with Gasteiger partial charge in [0, 0.05) is 6.04 Å². The molecule has 0 fully saturated rings. The molecule has 0 bridgehead atoms. The molecule has 1 atom stereocenters. The van der Waals surface area contributed by atoms with Crippen LogP contribution in [0.25, 0.3) is 0 Å². The summed E-state index contributed by atoms with van der Waals surface area (Å²) in [5, 5.41) is 10.3. The molecule has 0 radical (unpaired) electrons. The molecule has 0 aliphatic heterocycles. The summed E-state index contributed by atoms with van der Waals surface area (Å²) in [7, 11) is 0. The van der Waals surface area contributed by atoms with E-state index in [1.807, 2.05) is 0 Å². The van der Waals surface area contributed by atoms with E-state index in [-0.39, 0.29) is 11.5 Å². The van der Waals surface area contributed by atoms with E-state index in [2.05, 4.69) is 55.1 Å². The minimum absolute atomic E-state index is 0.129.